The highest BCUT2D eigenvalue weighted by Gasteiger charge is 2.44. The number of hydrogen-bond acceptors (Lipinski definition) is 7. The van der Waals surface area contributed by atoms with E-state index in [1.54, 1.807) is 12.1 Å². The maximum atomic E-state index is 10.4. The van der Waals surface area contributed by atoms with Crippen LogP contribution in [-0.4, -0.2) is 64.8 Å². The van der Waals surface area contributed by atoms with Gasteiger partial charge in [0.25, 0.3) is 0 Å². The summed E-state index contributed by atoms with van der Waals surface area (Å²) in [5.74, 6) is 0. The molecule has 8 heteroatoms. The standard InChI is InChI=1S/C24H28ClNO6/c1-31-26-13-24(8-9-24)17-5-2-14(3-6-17)10-16-11-15(4-7-18(16)25)23-22(30)21(29)20(28)19(12-27)32-23/h2-7,11,13,19-23,27-30H,8-10,12H2,1H3. The third kappa shape index (κ3) is 4.55. The monoisotopic (exact) mass is 461 g/mol. The molecule has 5 unspecified atom stereocenters. The number of hydrogen-bond donors (Lipinski definition) is 4. The molecule has 2 aliphatic rings. The number of aliphatic hydroxyl groups excluding tert-OH is 4. The number of benzene rings is 2. The van der Waals surface area contributed by atoms with E-state index in [0.29, 0.717) is 17.0 Å². The highest BCUT2D eigenvalue weighted by Crippen LogP contribution is 2.46. The molecule has 4 N–H and O–H groups in total. The van der Waals surface area contributed by atoms with Crippen molar-refractivity contribution in [3.05, 3.63) is 69.7 Å². The zero-order valence-corrected chi connectivity index (χ0v) is 18.5. The van der Waals surface area contributed by atoms with E-state index < -0.39 is 37.1 Å². The molecule has 5 atom stereocenters. The van der Waals surface area contributed by atoms with Gasteiger partial charge in [0, 0.05) is 10.4 Å². The fraction of sp³-hybridized carbons (Fsp3) is 0.458. The third-order valence-corrected chi connectivity index (χ3v) is 6.78. The quantitative estimate of drug-likeness (QED) is 0.371. The van der Waals surface area contributed by atoms with Gasteiger partial charge in [-0.05, 0) is 47.6 Å². The molecule has 1 saturated heterocycles. The van der Waals surface area contributed by atoms with E-state index in [0.717, 1.165) is 24.0 Å². The van der Waals surface area contributed by atoms with Crippen LogP contribution in [-0.2, 0) is 21.4 Å². The molecule has 1 aliphatic carbocycles. The summed E-state index contributed by atoms with van der Waals surface area (Å²) < 4.78 is 5.68. The molecule has 0 spiro atoms. The van der Waals surface area contributed by atoms with Gasteiger partial charge in [-0.3, -0.25) is 0 Å². The van der Waals surface area contributed by atoms with Crippen LogP contribution in [0, 0.1) is 0 Å². The Morgan fingerprint density at radius 1 is 1.09 bits per heavy atom. The Balaban J connectivity index is 1.53. The Kier molecular flexibility index (Phi) is 6.86. The lowest BCUT2D eigenvalue weighted by Gasteiger charge is -2.40. The maximum Gasteiger partial charge on any atom is 0.113 e. The van der Waals surface area contributed by atoms with Crippen molar-refractivity contribution >= 4 is 17.8 Å². The van der Waals surface area contributed by atoms with E-state index >= 15 is 0 Å². The summed E-state index contributed by atoms with van der Waals surface area (Å²) in [4.78, 5) is 4.83. The van der Waals surface area contributed by atoms with Gasteiger partial charge in [-0.15, -0.1) is 0 Å². The molecule has 0 radical (unpaired) electrons. The molecule has 2 fully saturated rings. The second kappa shape index (κ2) is 9.47. The Hall–Kier alpha value is -2.00. The van der Waals surface area contributed by atoms with Gasteiger partial charge in [-0.2, -0.15) is 0 Å². The van der Waals surface area contributed by atoms with Crippen LogP contribution in [0.2, 0.25) is 5.02 Å². The second-order valence-corrected chi connectivity index (χ2v) is 8.95. The van der Waals surface area contributed by atoms with Crippen molar-refractivity contribution in [2.75, 3.05) is 13.7 Å². The minimum atomic E-state index is -1.42. The fourth-order valence-electron chi connectivity index (χ4n) is 4.24. The summed E-state index contributed by atoms with van der Waals surface area (Å²) in [6, 6.07) is 13.6. The van der Waals surface area contributed by atoms with Crippen LogP contribution in [0.15, 0.2) is 47.6 Å². The number of ether oxygens (including phenoxy) is 1. The first-order chi connectivity index (χ1) is 15.4. The molecular formula is C24H28ClNO6. The first-order valence-electron chi connectivity index (χ1n) is 10.6. The van der Waals surface area contributed by atoms with E-state index in [9.17, 15) is 20.4 Å². The summed E-state index contributed by atoms with van der Waals surface area (Å²) in [5, 5.41) is 44.5. The maximum absolute atomic E-state index is 10.4. The average molecular weight is 462 g/mol. The van der Waals surface area contributed by atoms with Crippen molar-refractivity contribution in [3.63, 3.8) is 0 Å². The van der Waals surface area contributed by atoms with Crippen molar-refractivity contribution in [2.45, 2.75) is 55.2 Å². The number of halogens is 1. The molecule has 0 aromatic heterocycles. The lowest BCUT2D eigenvalue weighted by Crippen LogP contribution is -2.55. The zero-order valence-electron chi connectivity index (χ0n) is 17.8. The van der Waals surface area contributed by atoms with E-state index in [2.05, 4.69) is 29.4 Å². The largest absolute Gasteiger partial charge is 0.399 e. The van der Waals surface area contributed by atoms with Crippen LogP contribution >= 0.6 is 11.6 Å². The molecule has 4 rings (SSSR count). The van der Waals surface area contributed by atoms with Crippen LogP contribution in [0.5, 0.6) is 0 Å². The van der Waals surface area contributed by atoms with Gasteiger partial charge in [0.1, 0.15) is 37.6 Å². The normalized spacial score (nSPS) is 29.2. The van der Waals surface area contributed by atoms with Gasteiger partial charge in [0.2, 0.25) is 0 Å². The van der Waals surface area contributed by atoms with Gasteiger partial charge >= 0.3 is 0 Å². The van der Waals surface area contributed by atoms with Crippen molar-refractivity contribution < 1.29 is 30.0 Å². The molecule has 1 aliphatic heterocycles. The predicted octanol–water partition coefficient (Wildman–Crippen LogP) is 2.11. The van der Waals surface area contributed by atoms with Crippen LogP contribution in [0.25, 0.3) is 0 Å². The van der Waals surface area contributed by atoms with Gasteiger partial charge in [-0.25, -0.2) is 0 Å². The van der Waals surface area contributed by atoms with Gasteiger partial charge in [0.05, 0.1) is 12.8 Å². The smallest absolute Gasteiger partial charge is 0.113 e. The van der Waals surface area contributed by atoms with Crippen LogP contribution in [0.4, 0.5) is 0 Å². The Morgan fingerprint density at radius 2 is 1.81 bits per heavy atom. The first kappa shape index (κ1) is 23.2. The molecule has 1 saturated carbocycles. The topological polar surface area (TPSA) is 112 Å². The summed E-state index contributed by atoms with van der Waals surface area (Å²) >= 11 is 6.44. The number of aliphatic hydroxyl groups is 4. The van der Waals surface area contributed by atoms with Crippen molar-refractivity contribution in [3.8, 4) is 0 Å². The van der Waals surface area contributed by atoms with Gasteiger partial charge in [-0.1, -0.05) is 53.2 Å². The summed E-state index contributed by atoms with van der Waals surface area (Å²) in [5.41, 5.74) is 3.70. The predicted molar refractivity (Wildman–Crippen MR) is 120 cm³/mol. The Bertz CT molecular complexity index is 959. The van der Waals surface area contributed by atoms with Gasteiger partial charge < -0.3 is 30.0 Å². The molecule has 0 bridgehead atoms. The van der Waals surface area contributed by atoms with Crippen molar-refractivity contribution in [1.29, 1.82) is 0 Å². The molecule has 1 heterocycles. The Morgan fingerprint density at radius 3 is 2.44 bits per heavy atom. The first-order valence-corrected chi connectivity index (χ1v) is 11.0. The third-order valence-electron chi connectivity index (χ3n) is 6.41. The SMILES string of the molecule is CON=CC1(c2ccc(Cc3cc(C4OC(CO)C(O)C(O)C4O)ccc3Cl)cc2)CC1. The molecule has 172 valence electrons. The fourth-order valence-corrected chi connectivity index (χ4v) is 4.42. The summed E-state index contributed by atoms with van der Waals surface area (Å²) in [6.07, 6.45) is -1.45. The molecule has 7 nitrogen and oxygen atoms in total. The summed E-state index contributed by atoms with van der Waals surface area (Å²) in [7, 11) is 1.54. The lowest BCUT2D eigenvalue weighted by molar-refractivity contribution is -0.231. The number of nitrogens with zero attached hydrogens (tertiary/aromatic N) is 1. The van der Waals surface area contributed by atoms with E-state index in [1.165, 1.54) is 12.7 Å². The number of rotatable bonds is 7. The Labute approximate surface area is 191 Å². The van der Waals surface area contributed by atoms with E-state index in [-0.39, 0.29) is 5.41 Å². The molecule has 0 amide bonds. The molecule has 2 aromatic carbocycles. The molecule has 32 heavy (non-hydrogen) atoms. The summed E-state index contributed by atoms with van der Waals surface area (Å²) in [6.45, 7) is -0.467. The molecule has 2 aromatic rings. The minimum Gasteiger partial charge on any atom is -0.399 e. The molecular weight excluding hydrogens is 434 g/mol. The van der Waals surface area contributed by atoms with Crippen molar-refractivity contribution in [1.82, 2.24) is 0 Å². The van der Waals surface area contributed by atoms with Crippen LogP contribution < -0.4 is 0 Å². The van der Waals surface area contributed by atoms with E-state index in [4.69, 9.17) is 21.2 Å². The van der Waals surface area contributed by atoms with E-state index in [1.807, 2.05) is 12.3 Å². The van der Waals surface area contributed by atoms with Gasteiger partial charge in [0.15, 0.2) is 0 Å². The van der Waals surface area contributed by atoms with Crippen LogP contribution in [0.1, 0.15) is 41.2 Å². The zero-order chi connectivity index (χ0) is 22.9. The van der Waals surface area contributed by atoms with Crippen molar-refractivity contribution in [2.24, 2.45) is 5.16 Å². The minimum absolute atomic E-state index is 0.0325. The average Bonchev–Trinajstić information content (AvgIpc) is 3.59. The second-order valence-electron chi connectivity index (χ2n) is 8.55. The van der Waals surface area contributed by atoms with Crippen LogP contribution in [0.3, 0.4) is 0 Å². The highest BCUT2D eigenvalue weighted by molar-refractivity contribution is 6.31. The number of oxime groups is 1. The highest BCUT2D eigenvalue weighted by atomic mass is 35.5. The lowest BCUT2D eigenvalue weighted by atomic mass is 9.90.